The van der Waals surface area contributed by atoms with Crippen LogP contribution in [0.5, 0.6) is 0 Å². The number of piperazine rings is 1. The minimum absolute atomic E-state index is 0.240. The minimum Gasteiger partial charge on any atom is -0.361 e. The first kappa shape index (κ1) is 25.4. The van der Waals surface area contributed by atoms with Gasteiger partial charge in [-0.1, -0.05) is 30.3 Å². The summed E-state index contributed by atoms with van der Waals surface area (Å²) < 4.78 is 25.3. The maximum atomic E-state index is 12.4. The third-order valence-electron chi connectivity index (χ3n) is 6.82. The number of sulfone groups is 1. The third kappa shape index (κ3) is 6.10. The van der Waals surface area contributed by atoms with Gasteiger partial charge in [0.2, 0.25) is 0 Å². The third-order valence-corrected chi connectivity index (χ3v) is 10.1. The number of hydrogen-bond acceptors (Lipinski definition) is 4. The molecule has 2 fully saturated rings. The fourth-order valence-electron chi connectivity index (χ4n) is 4.75. The second kappa shape index (κ2) is 11.4. The van der Waals surface area contributed by atoms with Gasteiger partial charge in [0.05, 0.1) is 16.2 Å². The maximum absolute atomic E-state index is 12.4. The highest BCUT2D eigenvalue weighted by Gasteiger charge is 2.33. The smallest absolute Gasteiger partial charge is 0.182 e. The predicted molar refractivity (Wildman–Crippen MR) is 139 cm³/mol. The van der Waals surface area contributed by atoms with Gasteiger partial charge in [-0.05, 0) is 72.4 Å². The van der Waals surface area contributed by atoms with E-state index in [1.165, 1.54) is 42.6 Å². The summed E-state index contributed by atoms with van der Waals surface area (Å²) in [6.45, 7) is 5.79. The second-order valence-electron chi connectivity index (χ2n) is 9.32. The van der Waals surface area contributed by atoms with Crippen LogP contribution in [-0.4, -0.2) is 67.8 Å². The Labute approximate surface area is 211 Å². The number of H-pyrrole nitrogens is 1. The Morgan fingerprint density at radius 1 is 1.00 bits per heavy atom. The molecule has 1 saturated carbocycles. The summed E-state index contributed by atoms with van der Waals surface area (Å²) in [5, 5.41) is 12.3. The molecule has 1 aliphatic heterocycles. The van der Waals surface area contributed by atoms with Crippen molar-refractivity contribution in [2.75, 3.05) is 33.2 Å². The monoisotopic (exact) mass is 546 g/mol. The lowest BCUT2D eigenvalue weighted by Gasteiger charge is -2.32. The van der Waals surface area contributed by atoms with Gasteiger partial charge in [-0.25, -0.2) is 13.5 Å². The molecule has 6 nitrogen and oxygen atoms in total. The Balaban J connectivity index is 0.000000161. The number of fused-ring (bicyclic) bond motifs is 1. The molecule has 0 bridgehead atoms. The number of aromatic amines is 1. The number of nitrogens with one attached hydrogen (secondary N) is 1. The van der Waals surface area contributed by atoms with E-state index in [9.17, 15) is 13.5 Å². The van der Waals surface area contributed by atoms with Crippen molar-refractivity contribution >= 4 is 36.7 Å². The summed E-state index contributed by atoms with van der Waals surface area (Å²) in [7, 11) is -1.18. The zero-order chi connectivity index (χ0) is 24.1. The van der Waals surface area contributed by atoms with Gasteiger partial charge in [-0.3, -0.25) is 4.90 Å². The van der Waals surface area contributed by atoms with Crippen LogP contribution < -0.4 is 0 Å². The molecule has 0 spiro atoms. The van der Waals surface area contributed by atoms with E-state index in [-0.39, 0.29) is 6.42 Å². The molecule has 34 heavy (non-hydrogen) atoms. The number of para-hydroxylation sites is 1. The standard InChI is InChI=1S/C14H19N3.C12H14BrO3S/c1-16-6-8-17(9-7-16)11-12-10-15-14-5-3-2-4-13(12)14;13-11-6-1-2-7-12(11)17(15,16)10-5-3-4-9(14)8-10/h2-5,10,15H,6-9,11H2,1H3;1-2,6-7,9-10H,3-5,8H2. The van der Waals surface area contributed by atoms with E-state index in [0.717, 1.165) is 6.54 Å². The Morgan fingerprint density at radius 3 is 2.44 bits per heavy atom. The van der Waals surface area contributed by atoms with Gasteiger partial charge in [0.15, 0.2) is 9.84 Å². The Morgan fingerprint density at radius 2 is 1.71 bits per heavy atom. The molecule has 8 heteroatoms. The quantitative estimate of drug-likeness (QED) is 0.505. The summed E-state index contributed by atoms with van der Waals surface area (Å²) in [5.74, 6) is 0. The second-order valence-corrected chi connectivity index (χ2v) is 12.4. The molecular formula is C26H33BrN3O3S. The molecule has 5 rings (SSSR count). The number of benzene rings is 2. The van der Waals surface area contributed by atoms with Crippen LogP contribution in [0, 0.1) is 0 Å². The lowest BCUT2D eigenvalue weighted by molar-refractivity contribution is 0.0575. The molecule has 1 aliphatic carbocycles. The van der Waals surface area contributed by atoms with Crippen molar-refractivity contribution in [1.82, 2.24) is 14.8 Å². The minimum atomic E-state index is -3.37. The first-order valence-electron chi connectivity index (χ1n) is 11.9. The molecular weight excluding hydrogens is 514 g/mol. The van der Waals surface area contributed by atoms with Crippen LogP contribution >= 0.6 is 15.9 Å². The van der Waals surface area contributed by atoms with Crippen LogP contribution in [0.1, 0.15) is 31.2 Å². The zero-order valence-electron chi connectivity index (χ0n) is 19.6. The molecule has 3 aromatic rings. The maximum Gasteiger partial charge on any atom is 0.182 e. The molecule has 0 amide bonds. The van der Waals surface area contributed by atoms with E-state index in [1.807, 2.05) is 0 Å². The van der Waals surface area contributed by atoms with Gasteiger partial charge >= 0.3 is 0 Å². The largest absolute Gasteiger partial charge is 0.361 e. The van der Waals surface area contributed by atoms with Gasteiger partial charge in [0.1, 0.15) is 0 Å². The number of nitrogens with zero attached hydrogens (tertiary/aromatic N) is 2. The van der Waals surface area contributed by atoms with Crippen LogP contribution in [0.3, 0.4) is 0 Å². The molecule has 1 aromatic heterocycles. The van der Waals surface area contributed by atoms with Crippen LogP contribution in [0.15, 0.2) is 64.1 Å². The highest BCUT2D eigenvalue weighted by atomic mass is 79.9. The van der Waals surface area contributed by atoms with Gasteiger partial charge in [-0.2, -0.15) is 0 Å². The van der Waals surface area contributed by atoms with E-state index >= 15 is 0 Å². The van der Waals surface area contributed by atoms with Gasteiger partial charge < -0.3 is 9.88 Å². The van der Waals surface area contributed by atoms with Crippen LogP contribution in [0.25, 0.3) is 10.9 Å². The summed E-state index contributed by atoms with van der Waals surface area (Å²) in [4.78, 5) is 8.59. The van der Waals surface area contributed by atoms with Crippen molar-refractivity contribution in [3.63, 3.8) is 0 Å². The molecule has 2 heterocycles. The molecule has 2 unspecified atom stereocenters. The number of rotatable bonds is 4. The summed E-state index contributed by atoms with van der Waals surface area (Å²) in [5.41, 5.74) is 2.67. The van der Waals surface area contributed by atoms with Crippen molar-refractivity contribution in [1.29, 1.82) is 0 Å². The van der Waals surface area contributed by atoms with E-state index < -0.39 is 21.2 Å². The van der Waals surface area contributed by atoms with E-state index in [1.54, 1.807) is 24.3 Å². The fourth-order valence-corrected chi connectivity index (χ4v) is 7.62. The molecule has 1 N–H and O–H groups in total. The predicted octanol–water partition coefficient (Wildman–Crippen LogP) is 4.88. The fraction of sp³-hybridized carbons (Fsp3) is 0.462. The molecule has 1 saturated heterocycles. The molecule has 1 radical (unpaired) electrons. The van der Waals surface area contributed by atoms with Gasteiger partial charge in [0.25, 0.3) is 0 Å². The molecule has 2 atom stereocenters. The topological polar surface area (TPSA) is 76.3 Å². The highest BCUT2D eigenvalue weighted by Crippen LogP contribution is 2.32. The molecule has 183 valence electrons. The Bertz CT molecular complexity index is 1190. The number of halogens is 1. The number of aromatic nitrogens is 1. The first-order valence-corrected chi connectivity index (χ1v) is 14.3. The van der Waals surface area contributed by atoms with E-state index in [0.29, 0.717) is 28.6 Å². The van der Waals surface area contributed by atoms with E-state index in [2.05, 4.69) is 68.2 Å². The van der Waals surface area contributed by atoms with Crippen LogP contribution in [0.4, 0.5) is 0 Å². The average molecular weight is 548 g/mol. The van der Waals surface area contributed by atoms with Crippen LogP contribution in [0.2, 0.25) is 0 Å². The lowest BCUT2D eigenvalue weighted by atomic mass is 9.97. The Hall–Kier alpha value is -1.71. The van der Waals surface area contributed by atoms with Crippen molar-refractivity contribution in [2.45, 2.75) is 48.5 Å². The summed E-state index contributed by atoms with van der Waals surface area (Å²) in [6, 6.07) is 15.3. The van der Waals surface area contributed by atoms with Crippen molar-refractivity contribution in [2.24, 2.45) is 0 Å². The zero-order valence-corrected chi connectivity index (χ0v) is 22.0. The number of likely N-dealkylation sites (N-methyl/N-ethyl adjacent to an activating group) is 1. The van der Waals surface area contributed by atoms with Gasteiger partial charge in [0, 0.05) is 54.3 Å². The van der Waals surface area contributed by atoms with Crippen LogP contribution in [-0.2, 0) is 21.5 Å². The van der Waals surface area contributed by atoms with Gasteiger partial charge in [-0.15, -0.1) is 0 Å². The lowest BCUT2D eigenvalue weighted by Crippen LogP contribution is -2.43. The van der Waals surface area contributed by atoms with Crippen molar-refractivity contribution < 1.29 is 13.5 Å². The van der Waals surface area contributed by atoms with E-state index in [4.69, 9.17) is 0 Å². The van der Waals surface area contributed by atoms with Crippen molar-refractivity contribution in [3.05, 3.63) is 64.8 Å². The summed E-state index contributed by atoms with van der Waals surface area (Å²) >= 11 is 3.26. The van der Waals surface area contributed by atoms with Crippen molar-refractivity contribution in [3.8, 4) is 0 Å². The molecule has 2 aliphatic rings. The Kier molecular flexibility index (Phi) is 8.47. The summed E-state index contributed by atoms with van der Waals surface area (Å²) in [6.07, 6.45) is 3.57. The average Bonchev–Trinajstić information content (AvgIpc) is 3.24. The number of hydrogen-bond donors (Lipinski definition) is 1. The first-order chi connectivity index (χ1) is 16.3. The SMILES string of the molecule is CN1CCN(Cc2c[nH]c3ccccc23)CC1.[O]C1CCCC(S(=O)(=O)c2ccccc2Br)C1. The normalized spacial score (nSPS) is 22.3. The molecule has 2 aromatic carbocycles. The highest BCUT2D eigenvalue weighted by molar-refractivity contribution is 9.10.